The third-order valence-electron chi connectivity index (χ3n) is 2.01. The van der Waals surface area contributed by atoms with E-state index in [1.54, 1.807) is 0 Å². The summed E-state index contributed by atoms with van der Waals surface area (Å²) in [5.74, 6) is -3.73. The van der Waals surface area contributed by atoms with Crippen molar-refractivity contribution in [3.05, 3.63) is 48.2 Å². The van der Waals surface area contributed by atoms with Gasteiger partial charge in [-0.05, 0) is 13.3 Å². The van der Waals surface area contributed by atoms with E-state index in [0.717, 1.165) is 0 Å². The molecule has 1 nitrogen and oxygen atoms in total. The van der Waals surface area contributed by atoms with Crippen molar-refractivity contribution in [3.63, 3.8) is 0 Å². The molecule has 0 bridgehead atoms. The second-order valence-electron chi connectivity index (χ2n) is 2.93. The van der Waals surface area contributed by atoms with Crippen LogP contribution in [0.3, 0.4) is 0 Å². The monoisotopic (exact) mass is 215 g/mol. The van der Waals surface area contributed by atoms with Gasteiger partial charge < -0.3 is 4.74 Å². The summed E-state index contributed by atoms with van der Waals surface area (Å²) in [6, 6.07) is 0. The predicted molar refractivity (Wildman–Crippen MR) is 51.2 cm³/mol. The van der Waals surface area contributed by atoms with Crippen molar-refractivity contribution in [2.45, 2.75) is 6.42 Å². The minimum Gasteiger partial charge on any atom is -0.493 e. The van der Waals surface area contributed by atoms with E-state index in [1.165, 1.54) is 13.2 Å². The van der Waals surface area contributed by atoms with Gasteiger partial charge in [0.2, 0.25) is 0 Å². The number of benzene rings is 1. The quantitative estimate of drug-likeness (QED) is 0.556. The van der Waals surface area contributed by atoms with Gasteiger partial charge >= 0.3 is 0 Å². The van der Waals surface area contributed by atoms with E-state index < -0.39 is 28.6 Å². The van der Waals surface area contributed by atoms with Crippen molar-refractivity contribution in [1.29, 1.82) is 0 Å². The smallest absolute Gasteiger partial charge is 0.171 e. The molecule has 0 N–H and O–H groups in total. The van der Waals surface area contributed by atoms with Crippen LogP contribution in [-0.4, -0.2) is 7.11 Å². The van der Waals surface area contributed by atoms with Crippen molar-refractivity contribution < 1.29 is 17.9 Å². The van der Waals surface area contributed by atoms with Crippen LogP contribution in [0.1, 0.15) is 11.1 Å². The first-order valence-electron chi connectivity index (χ1n) is 4.20. The number of ether oxygens (including phenoxy) is 1. The zero-order chi connectivity index (χ0) is 11.6. The van der Waals surface area contributed by atoms with Crippen LogP contribution in [0.4, 0.5) is 13.2 Å². The number of halogens is 3. The molecule has 0 fully saturated rings. The molecule has 0 aliphatic heterocycles. The largest absolute Gasteiger partial charge is 0.493 e. The number of allylic oxidation sites excluding steroid dienone is 1. The molecule has 0 heterocycles. The highest BCUT2D eigenvalue weighted by molar-refractivity contribution is 5.43. The summed E-state index contributed by atoms with van der Waals surface area (Å²) in [5.41, 5.74) is -0.813. The van der Waals surface area contributed by atoms with Gasteiger partial charge in [-0.15, -0.1) is 6.58 Å². The van der Waals surface area contributed by atoms with E-state index in [1.807, 2.05) is 0 Å². The second kappa shape index (κ2) is 4.38. The average molecular weight is 215 g/mol. The third-order valence-corrected chi connectivity index (χ3v) is 2.01. The van der Waals surface area contributed by atoms with Crippen LogP contribution >= 0.6 is 0 Å². The molecule has 15 heavy (non-hydrogen) atoms. The minimum absolute atomic E-state index is 0.106. The zero-order valence-corrected chi connectivity index (χ0v) is 8.24. The van der Waals surface area contributed by atoms with E-state index >= 15 is 0 Å². The van der Waals surface area contributed by atoms with Gasteiger partial charge in [-0.25, -0.2) is 13.2 Å². The van der Waals surface area contributed by atoms with Crippen molar-refractivity contribution in [1.82, 2.24) is 0 Å². The lowest BCUT2D eigenvalue weighted by atomic mass is 10.1. The highest BCUT2D eigenvalue weighted by atomic mass is 19.2. The summed E-state index contributed by atoms with van der Waals surface area (Å²) in [6.45, 7) is 6.54. The molecular formula is C11H10F3O. The molecule has 81 valence electrons. The standard InChI is InChI=1S/C11H10F3O/c1-4-5-7-9(13)8(12)6(2)11(15-3)10(7)14/h4H,1-2,5H2,3H3. The van der Waals surface area contributed by atoms with E-state index in [4.69, 9.17) is 0 Å². The highest BCUT2D eigenvalue weighted by Gasteiger charge is 2.22. The van der Waals surface area contributed by atoms with Crippen LogP contribution in [0.2, 0.25) is 0 Å². The Kier molecular flexibility index (Phi) is 3.39. The molecule has 0 aromatic heterocycles. The molecule has 1 radical (unpaired) electrons. The maximum atomic E-state index is 13.5. The van der Waals surface area contributed by atoms with Crippen LogP contribution < -0.4 is 4.74 Å². The average Bonchev–Trinajstić information content (AvgIpc) is 2.22. The first kappa shape index (κ1) is 11.6. The van der Waals surface area contributed by atoms with Crippen LogP contribution in [-0.2, 0) is 6.42 Å². The summed E-state index contributed by atoms with van der Waals surface area (Å²) in [4.78, 5) is 0. The summed E-state index contributed by atoms with van der Waals surface area (Å²) in [7, 11) is 1.17. The molecule has 0 atom stereocenters. The molecule has 1 aromatic rings. The van der Waals surface area contributed by atoms with Gasteiger partial charge in [-0.2, -0.15) is 0 Å². The molecule has 1 aromatic carbocycles. The number of hydrogen-bond acceptors (Lipinski definition) is 1. The van der Waals surface area contributed by atoms with Crippen molar-refractivity contribution in [2.24, 2.45) is 0 Å². The van der Waals surface area contributed by atoms with E-state index in [0.29, 0.717) is 0 Å². The second-order valence-corrected chi connectivity index (χ2v) is 2.93. The lowest BCUT2D eigenvalue weighted by Gasteiger charge is -2.11. The maximum absolute atomic E-state index is 13.5. The first-order valence-corrected chi connectivity index (χ1v) is 4.20. The van der Waals surface area contributed by atoms with Gasteiger partial charge in [-0.3, -0.25) is 0 Å². The molecule has 0 unspecified atom stereocenters. The lowest BCUT2D eigenvalue weighted by molar-refractivity contribution is 0.369. The molecule has 0 saturated carbocycles. The Bertz CT molecular complexity index is 400. The van der Waals surface area contributed by atoms with Crippen LogP contribution in [0, 0.1) is 24.4 Å². The lowest BCUT2D eigenvalue weighted by Crippen LogP contribution is -2.05. The third kappa shape index (κ3) is 1.84. The zero-order valence-electron chi connectivity index (χ0n) is 8.24. The van der Waals surface area contributed by atoms with Gasteiger partial charge in [0.15, 0.2) is 23.2 Å². The Labute approximate surface area is 86.2 Å². The fraction of sp³-hybridized carbons (Fsp3) is 0.182. The number of rotatable bonds is 3. The van der Waals surface area contributed by atoms with Crippen molar-refractivity contribution in [3.8, 4) is 5.75 Å². The van der Waals surface area contributed by atoms with E-state index in [2.05, 4.69) is 18.2 Å². The number of hydrogen-bond donors (Lipinski definition) is 0. The minimum atomic E-state index is -1.24. The SMILES string of the molecule is [CH2]c1c(F)c(F)c(CC=C)c(F)c1OC. The summed E-state index contributed by atoms with van der Waals surface area (Å²) in [5, 5.41) is 0. The van der Waals surface area contributed by atoms with Crippen LogP contribution in [0.25, 0.3) is 0 Å². The predicted octanol–water partition coefficient (Wildman–Crippen LogP) is 3.02. The normalized spacial score (nSPS) is 10.2. The van der Waals surface area contributed by atoms with Gasteiger partial charge in [0.05, 0.1) is 7.11 Å². The fourth-order valence-corrected chi connectivity index (χ4v) is 1.27. The van der Waals surface area contributed by atoms with E-state index in [-0.39, 0.29) is 12.2 Å². The molecule has 0 saturated heterocycles. The number of methoxy groups -OCH3 is 1. The molecule has 0 aliphatic rings. The molecule has 0 aliphatic carbocycles. The fourth-order valence-electron chi connectivity index (χ4n) is 1.27. The van der Waals surface area contributed by atoms with Crippen molar-refractivity contribution in [2.75, 3.05) is 7.11 Å². The Morgan fingerprint density at radius 3 is 2.27 bits per heavy atom. The highest BCUT2D eigenvalue weighted by Crippen LogP contribution is 2.30. The Morgan fingerprint density at radius 1 is 1.20 bits per heavy atom. The van der Waals surface area contributed by atoms with Gasteiger partial charge in [0.25, 0.3) is 0 Å². The Balaban J connectivity index is 3.52. The van der Waals surface area contributed by atoms with Crippen LogP contribution in [0.15, 0.2) is 12.7 Å². The first-order chi connectivity index (χ1) is 7.04. The van der Waals surface area contributed by atoms with Gasteiger partial charge in [-0.1, -0.05) is 6.08 Å². The Morgan fingerprint density at radius 2 is 1.80 bits per heavy atom. The summed E-state index contributed by atoms with van der Waals surface area (Å²) >= 11 is 0. The van der Waals surface area contributed by atoms with Crippen LogP contribution in [0.5, 0.6) is 5.75 Å². The molecule has 0 spiro atoms. The summed E-state index contributed by atoms with van der Waals surface area (Å²) < 4.78 is 44.7. The van der Waals surface area contributed by atoms with Crippen molar-refractivity contribution >= 4 is 0 Å². The topological polar surface area (TPSA) is 9.23 Å². The molecule has 1 rings (SSSR count). The summed E-state index contributed by atoms with van der Waals surface area (Å²) in [6.07, 6.45) is 1.17. The molecule has 4 heteroatoms. The van der Waals surface area contributed by atoms with Gasteiger partial charge in [0, 0.05) is 11.1 Å². The van der Waals surface area contributed by atoms with Gasteiger partial charge in [0.1, 0.15) is 0 Å². The Hall–Kier alpha value is -1.45. The molecular weight excluding hydrogens is 205 g/mol. The maximum Gasteiger partial charge on any atom is 0.171 e. The van der Waals surface area contributed by atoms with E-state index in [9.17, 15) is 13.2 Å². The molecule has 0 amide bonds.